The SMILES string of the molecule is CN(C)[C@H](CNC(=O)c1cccs1)c1ccc2c(c1)OCO2. The van der Waals surface area contributed by atoms with Gasteiger partial charge < -0.3 is 19.7 Å². The van der Waals surface area contributed by atoms with Gasteiger partial charge >= 0.3 is 0 Å². The maximum atomic E-state index is 12.1. The Hall–Kier alpha value is -2.05. The molecule has 3 rings (SSSR count). The van der Waals surface area contributed by atoms with Crippen LogP contribution in [0.3, 0.4) is 0 Å². The largest absolute Gasteiger partial charge is 0.454 e. The van der Waals surface area contributed by atoms with Gasteiger partial charge in [-0.2, -0.15) is 0 Å². The van der Waals surface area contributed by atoms with Gasteiger partial charge in [0.25, 0.3) is 5.91 Å². The summed E-state index contributed by atoms with van der Waals surface area (Å²) in [4.78, 5) is 14.9. The van der Waals surface area contributed by atoms with Crippen LogP contribution < -0.4 is 14.8 Å². The lowest BCUT2D eigenvalue weighted by Gasteiger charge is -2.25. The lowest BCUT2D eigenvalue weighted by atomic mass is 10.1. The van der Waals surface area contributed by atoms with Crippen molar-refractivity contribution >= 4 is 17.2 Å². The van der Waals surface area contributed by atoms with E-state index in [9.17, 15) is 4.79 Å². The number of amides is 1. The van der Waals surface area contributed by atoms with Crippen molar-refractivity contribution in [3.63, 3.8) is 0 Å². The summed E-state index contributed by atoms with van der Waals surface area (Å²) in [6.07, 6.45) is 0. The Kier molecular flexibility index (Phi) is 4.31. The molecule has 0 bridgehead atoms. The van der Waals surface area contributed by atoms with E-state index in [1.165, 1.54) is 11.3 Å². The molecule has 0 saturated carbocycles. The summed E-state index contributed by atoms with van der Waals surface area (Å²) in [5.41, 5.74) is 1.08. The van der Waals surface area contributed by atoms with E-state index in [-0.39, 0.29) is 18.7 Å². The molecule has 0 spiro atoms. The van der Waals surface area contributed by atoms with Gasteiger partial charge in [0.15, 0.2) is 11.5 Å². The third kappa shape index (κ3) is 3.08. The molecule has 1 aromatic heterocycles. The van der Waals surface area contributed by atoms with Crippen LogP contribution in [0.4, 0.5) is 0 Å². The Morgan fingerprint density at radius 3 is 2.86 bits per heavy atom. The molecule has 116 valence electrons. The van der Waals surface area contributed by atoms with E-state index in [0.29, 0.717) is 6.54 Å². The molecule has 0 fully saturated rings. The monoisotopic (exact) mass is 318 g/mol. The Morgan fingerprint density at radius 1 is 1.32 bits per heavy atom. The van der Waals surface area contributed by atoms with Crippen molar-refractivity contribution in [2.45, 2.75) is 6.04 Å². The maximum absolute atomic E-state index is 12.1. The maximum Gasteiger partial charge on any atom is 0.261 e. The number of benzene rings is 1. The first-order valence-corrected chi connectivity index (χ1v) is 7.91. The molecule has 2 aromatic rings. The molecular weight excluding hydrogens is 300 g/mol. The molecule has 1 N–H and O–H groups in total. The fraction of sp³-hybridized carbons (Fsp3) is 0.312. The predicted molar refractivity (Wildman–Crippen MR) is 85.6 cm³/mol. The first-order chi connectivity index (χ1) is 10.6. The van der Waals surface area contributed by atoms with E-state index >= 15 is 0 Å². The van der Waals surface area contributed by atoms with Crippen molar-refractivity contribution in [3.05, 3.63) is 46.2 Å². The van der Waals surface area contributed by atoms with Crippen LogP contribution in [0.1, 0.15) is 21.3 Å². The number of hydrogen-bond acceptors (Lipinski definition) is 5. The van der Waals surface area contributed by atoms with Gasteiger partial charge in [-0.3, -0.25) is 4.79 Å². The van der Waals surface area contributed by atoms with Gasteiger partial charge in [-0.05, 0) is 43.2 Å². The number of nitrogens with one attached hydrogen (secondary N) is 1. The molecule has 0 aliphatic carbocycles. The second-order valence-electron chi connectivity index (χ2n) is 5.28. The number of fused-ring (bicyclic) bond motifs is 1. The molecule has 1 aromatic carbocycles. The molecule has 5 nitrogen and oxygen atoms in total. The van der Waals surface area contributed by atoms with E-state index in [4.69, 9.17) is 9.47 Å². The number of likely N-dealkylation sites (N-methyl/N-ethyl adjacent to an activating group) is 1. The fourth-order valence-corrected chi connectivity index (χ4v) is 3.04. The highest BCUT2D eigenvalue weighted by atomic mass is 32.1. The smallest absolute Gasteiger partial charge is 0.261 e. The molecule has 22 heavy (non-hydrogen) atoms. The van der Waals surface area contributed by atoms with Gasteiger partial charge in [0.2, 0.25) is 6.79 Å². The average Bonchev–Trinajstić information content (AvgIpc) is 3.17. The van der Waals surface area contributed by atoms with Crippen LogP contribution in [0.2, 0.25) is 0 Å². The number of carbonyl (C=O) groups is 1. The third-order valence-electron chi connectivity index (χ3n) is 3.61. The van der Waals surface area contributed by atoms with Crippen LogP contribution in [0.25, 0.3) is 0 Å². The van der Waals surface area contributed by atoms with Gasteiger partial charge in [-0.25, -0.2) is 0 Å². The normalized spacial score (nSPS) is 14.1. The first kappa shape index (κ1) is 14.9. The molecule has 0 radical (unpaired) electrons. The zero-order valence-corrected chi connectivity index (χ0v) is 13.4. The van der Waals surface area contributed by atoms with Crippen LogP contribution in [-0.2, 0) is 0 Å². The molecule has 0 saturated heterocycles. The van der Waals surface area contributed by atoms with Crippen molar-refractivity contribution in [3.8, 4) is 11.5 Å². The Labute approximate surface area is 133 Å². The zero-order chi connectivity index (χ0) is 15.5. The summed E-state index contributed by atoms with van der Waals surface area (Å²) < 4.78 is 10.8. The average molecular weight is 318 g/mol. The molecule has 1 aliphatic heterocycles. The Morgan fingerprint density at radius 2 is 2.14 bits per heavy atom. The summed E-state index contributed by atoms with van der Waals surface area (Å²) in [6, 6.07) is 9.67. The number of nitrogens with zero attached hydrogens (tertiary/aromatic N) is 1. The highest BCUT2D eigenvalue weighted by Crippen LogP contribution is 2.34. The van der Waals surface area contributed by atoms with Crippen molar-refractivity contribution < 1.29 is 14.3 Å². The summed E-state index contributed by atoms with van der Waals surface area (Å²) >= 11 is 1.44. The van der Waals surface area contributed by atoms with Gasteiger partial charge in [0.05, 0.1) is 10.9 Å². The standard InChI is InChI=1S/C16H18N2O3S/c1-18(2)12(9-17-16(19)15-4-3-7-22-15)11-5-6-13-14(8-11)21-10-20-13/h3-8,12H,9-10H2,1-2H3,(H,17,19)/t12-/m1/s1. The van der Waals surface area contributed by atoms with Crippen LogP contribution in [-0.4, -0.2) is 38.2 Å². The number of ether oxygens (including phenoxy) is 2. The van der Waals surface area contributed by atoms with Crippen molar-refractivity contribution in [1.29, 1.82) is 0 Å². The summed E-state index contributed by atoms with van der Waals surface area (Å²) in [5, 5.41) is 4.89. The highest BCUT2D eigenvalue weighted by Gasteiger charge is 2.20. The van der Waals surface area contributed by atoms with E-state index in [1.807, 2.05) is 49.8 Å². The van der Waals surface area contributed by atoms with Crippen LogP contribution in [0.5, 0.6) is 11.5 Å². The fourth-order valence-electron chi connectivity index (χ4n) is 2.40. The minimum Gasteiger partial charge on any atom is -0.454 e. The van der Waals surface area contributed by atoms with Crippen LogP contribution in [0.15, 0.2) is 35.7 Å². The Balaban J connectivity index is 1.71. The number of hydrogen-bond donors (Lipinski definition) is 1. The molecule has 1 atom stereocenters. The summed E-state index contributed by atoms with van der Waals surface area (Å²) in [6.45, 7) is 0.796. The first-order valence-electron chi connectivity index (χ1n) is 7.03. The van der Waals surface area contributed by atoms with E-state index in [1.54, 1.807) is 0 Å². The third-order valence-corrected chi connectivity index (χ3v) is 4.47. The predicted octanol–water partition coefficient (Wildman–Crippen LogP) is 2.51. The van der Waals surface area contributed by atoms with Gasteiger partial charge in [0, 0.05) is 6.54 Å². The van der Waals surface area contributed by atoms with Gasteiger partial charge in [0.1, 0.15) is 0 Å². The topological polar surface area (TPSA) is 50.8 Å². The minimum absolute atomic E-state index is 0.0393. The molecule has 1 amide bonds. The minimum atomic E-state index is -0.0393. The lowest BCUT2D eigenvalue weighted by molar-refractivity contribution is 0.0946. The second-order valence-corrected chi connectivity index (χ2v) is 6.23. The molecule has 2 heterocycles. The quantitative estimate of drug-likeness (QED) is 0.920. The van der Waals surface area contributed by atoms with E-state index < -0.39 is 0 Å². The molecule has 0 unspecified atom stereocenters. The Bertz CT molecular complexity index is 655. The number of thiophene rings is 1. The molecular formula is C16H18N2O3S. The summed E-state index contributed by atoms with van der Waals surface area (Å²) in [5.74, 6) is 1.49. The summed E-state index contributed by atoms with van der Waals surface area (Å²) in [7, 11) is 3.99. The van der Waals surface area contributed by atoms with Crippen LogP contribution >= 0.6 is 11.3 Å². The molecule has 1 aliphatic rings. The van der Waals surface area contributed by atoms with E-state index in [2.05, 4.69) is 10.2 Å². The lowest BCUT2D eigenvalue weighted by Crippen LogP contribution is -2.34. The zero-order valence-electron chi connectivity index (χ0n) is 12.5. The van der Waals surface area contributed by atoms with Crippen LogP contribution in [0, 0.1) is 0 Å². The number of rotatable bonds is 5. The highest BCUT2D eigenvalue weighted by molar-refractivity contribution is 7.12. The van der Waals surface area contributed by atoms with Crippen molar-refractivity contribution in [1.82, 2.24) is 10.2 Å². The van der Waals surface area contributed by atoms with E-state index in [0.717, 1.165) is 21.9 Å². The van der Waals surface area contributed by atoms with Gasteiger partial charge in [-0.15, -0.1) is 11.3 Å². The van der Waals surface area contributed by atoms with Crippen molar-refractivity contribution in [2.24, 2.45) is 0 Å². The van der Waals surface area contributed by atoms with Crippen molar-refractivity contribution in [2.75, 3.05) is 27.4 Å². The number of carbonyl (C=O) groups excluding carboxylic acids is 1. The van der Waals surface area contributed by atoms with Gasteiger partial charge in [-0.1, -0.05) is 12.1 Å². The second kappa shape index (κ2) is 6.37. The molecule has 6 heteroatoms.